The number of nitrogens with two attached hydrogens (primary N) is 1. The number of primary amides is 1. The zero-order valence-corrected chi connectivity index (χ0v) is 19.4. The van der Waals surface area contributed by atoms with Gasteiger partial charge in [0, 0.05) is 23.5 Å². The third-order valence-corrected chi connectivity index (χ3v) is 7.59. The summed E-state index contributed by atoms with van der Waals surface area (Å²) in [4.78, 5) is 76.8. The molecular weight excluding hydrogens is 442 g/mol. The molecule has 2 unspecified atom stereocenters. The van der Waals surface area contributed by atoms with Gasteiger partial charge in [-0.3, -0.25) is 28.8 Å². The topological polar surface area (TPSA) is 169 Å². The normalized spacial score (nSPS) is 31.0. The average Bonchev–Trinajstić information content (AvgIpc) is 2.69. The minimum absolute atomic E-state index is 0.0137. The van der Waals surface area contributed by atoms with Gasteiger partial charge in [-0.15, -0.1) is 0 Å². The Hall–Kier alpha value is -3.20. The van der Waals surface area contributed by atoms with Gasteiger partial charge >= 0.3 is 0 Å². The Morgan fingerprint density at radius 2 is 1.71 bits per heavy atom. The van der Waals surface area contributed by atoms with Crippen LogP contribution in [0.5, 0.6) is 5.75 Å². The van der Waals surface area contributed by atoms with Crippen LogP contribution in [0.4, 0.5) is 0 Å². The number of aliphatic hydroxyl groups is 1. The molecule has 0 saturated heterocycles. The fourth-order valence-corrected chi connectivity index (χ4v) is 5.92. The van der Waals surface area contributed by atoms with Crippen molar-refractivity contribution in [2.75, 3.05) is 0 Å². The summed E-state index contributed by atoms with van der Waals surface area (Å²) in [6.07, 6.45) is -0.335. The maximum Gasteiger partial charge on any atom is 0.235 e. The fraction of sp³-hybridized carbons (Fsp3) is 0.520. The molecule has 9 heteroatoms. The Labute approximate surface area is 195 Å². The molecule has 3 aliphatic rings. The maximum atomic E-state index is 13.7. The van der Waals surface area contributed by atoms with Gasteiger partial charge in [-0.1, -0.05) is 20.8 Å². The summed E-state index contributed by atoms with van der Waals surface area (Å²) in [5.41, 5.74) is 2.66. The third-order valence-electron chi connectivity index (χ3n) is 7.59. The van der Waals surface area contributed by atoms with Crippen LogP contribution in [-0.4, -0.2) is 50.6 Å². The van der Waals surface area contributed by atoms with Gasteiger partial charge in [-0.05, 0) is 42.7 Å². The van der Waals surface area contributed by atoms with Crippen molar-refractivity contribution >= 4 is 34.8 Å². The van der Waals surface area contributed by atoms with Gasteiger partial charge < -0.3 is 15.9 Å². The number of benzene rings is 1. The molecular formula is C25H27NO8. The highest BCUT2D eigenvalue weighted by Gasteiger charge is 2.66. The number of amides is 1. The van der Waals surface area contributed by atoms with E-state index in [2.05, 4.69) is 0 Å². The first-order valence-corrected chi connectivity index (χ1v) is 11.2. The van der Waals surface area contributed by atoms with Crippen molar-refractivity contribution in [1.29, 1.82) is 0 Å². The second-order valence-corrected chi connectivity index (χ2v) is 10.7. The minimum atomic E-state index is -2.69. The monoisotopic (exact) mass is 469 g/mol. The number of hydrogen-bond donors (Lipinski definition) is 3. The highest BCUT2D eigenvalue weighted by Crippen LogP contribution is 2.51. The van der Waals surface area contributed by atoms with E-state index in [9.17, 15) is 39.0 Å². The molecule has 34 heavy (non-hydrogen) atoms. The van der Waals surface area contributed by atoms with Gasteiger partial charge in [0.2, 0.25) is 5.91 Å². The largest absolute Gasteiger partial charge is 0.507 e. The zero-order chi connectivity index (χ0) is 25.5. The predicted molar refractivity (Wildman–Crippen MR) is 117 cm³/mol. The lowest BCUT2D eigenvalue weighted by molar-refractivity contribution is -0.175. The number of phenolic OH excluding ortho intramolecular Hbond substituents is 1. The van der Waals surface area contributed by atoms with Crippen LogP contribution in [0.1, 0.15) is 72.4 Å². The molecule has 0 bridgehead atoms. The average molecular weight is 469 g/mol. The molecule has 9 nitrogen and oxygen atoms in total. The first-order chi connectivity index (χ1) is 15.6. The summed E-state index contributed by atoms with van der Waals surface area (Å²) in [5.74, 6) is -11.0. The summed E-state index contributed by atoms with van der Waals surface area (Å²) < 4.78 is 0. The summed E-state index contributed by atoms with van der Waals surface area (Å²) in [7, 11) is 0. The minimum Gasteiger partial charge on any atom is -0.507 e. The SMILES string of the molecule is CC(=O)c1cc(C(C)(C)C)c(O)c2c1C[C@H]1C[C@H]3CC(=O)C(C(N)=O)C(=O)[C@@]3(O)C(=O)C1C2=O. The number of carbonyl (C=O) groups is 6. The molecule has 1 aromatic carbocycles. The number of ketones is 5. The predicted octanol–water partition coefficient (Wildman–Crippen LogP) is 0.827. The van der Waals surface area contributed by atoms with E-state index >= 15 is 0 Å². The molecule has 5 atom stereocenters. The van der Waals surface area contributed by atoms with Crippen LogP contribution in [-0.2, 0) is 31.0 Å². The van der Waals surface area contributed by atoms with Gasteiger partial charge in [0.25, 0.3) is 0 Å². The molecule has 0 heterocycles. The van der Waals surface area contributed by atoms with E-state index in [1.54, 1.807) is 26.8 Å². The van der Waals surface area contributed by atoms with Gasteiger partial charge in [-0.25, -0.2) is 0 Å². The molecule has 3 aliphatic carbocycles. The van der Waals surface area contributed by atoms with Crippen LogP contribution < -0.4 is 5.73 Å². The number of hydrogen-bond acceptors (Lipinski definition) is 8. The van der Waals surface area contributed by atoms with Crippen LogP contribution in [0, 0.1) is 23.7 Å². The maximum absolute atomic E-state index is 13.7. The van der Waals surface area contributed by atoms with Crippen molar-refractivity contribution in [1.82, 2.24) is 0 Å². The molecule has 2 fully saturated rings. The van der Waals surface area contributed by atoms with E-state index in [1.807, 2.05) is 0 Å². The Bertz CT molecular complexity index is 1210. The highest BCUT2D eigenvalue weighted by atomic mass is 16.3. The second kappa shape index (κ2) is 7.40. The van der Waals surface area contributed by atoms with Crippen molar-refractivity contribution in [3.8, 4) is 5.75 Å². The smallest absolute Gasteiger partial charge is 0.235 e. The number of fused-ring (bicyclic) bond motifs is 3. The number of carbonyl (C=O) groups excluding carboxylic acids is 6. The van der Waals surface area contributed by atoms with Crippen molar-refractivity contribution in [3.63, 3.8) is 0 Å². The summed E-state index contributed by atoms with van der Waals surface area (Å²) >= 11 is 0. The molecule has 180 valence electrons. The Kier molecular flexibility index (Phi) is 5.21. The Balaban J connectivity index is 1.89. The van der Waals surface area contributed by atoms with Crippen LogP contribution in [0.15, 0.2) is 6.07 Å². The number of aromatic hydroxyl groups is 1. The van der Waals surface area contributed by atoms with E-state index < -0.39 is 70.1 Å². The van der Waals surface area contributed by atoms with E-state index in [1.165, 1.54) is 6.92 Å². The lowest BCUT2D eigenvalue weighted by Crippen LogP contribution is -2.68. The third kappa shape index (κ3) is 3.10. The summed E-state index contributed by atoms with van der Waals surface area (Å²) in [6, 6.07) is 1.57. The Morgan fingerprint density at radius 1 is 1.09 bits per heavy atom. The van der Waals surface area contributed by atoms with Crippen LogP contribution in [0.3, 0.4) is 0 Å². The van der Waals surface area contributed by atoms with E-state index in [0.717, 1.165) is 0 Å². The Morgan fingerprint density at radius 3 is 2.24 bits per heavy atom. The van der Waals surface area contributed by atoms with Crippen LogP contribution in [0.2, 0.25) is 0 Å². The standard InChI is InChI=1S/C25H27NO8/c1-9(27)12-8-14(24(2,3)4)19(29)17-13(12)6-10-5-11-7-15(28)18(23(26)33)22(32)25(11,34)21(31)16(10)20(17)30/h8,10-11,16,18,29,34H,5-7H2,1-4H3,(H2,26,33)/t10-,11+,16?,18?,25+/m1/s1. The molecule has 1 aromatic rings. The van der Waals surface area contributed by atoms with E-state index in [4.69, 9.17) is 5.73 Å². The van der Waals surface area contributed by atoms with E-state index in [-0.39, 0.29) is 35.5 Å². The van der Waals surface area contributed by atoms with Crippen molar-refractivity contribution < 1.29 is 39.0 Å². The molecule has 4 rings (SSSR count). The number of phenols is 1. The van der Waals surface area contributed by atoms with Gasteiger partial charge in [0.15, 0.2) is 40.4 Å². The first-order valence-electron chi connectivity index (χ1n) is 11.2. The van der Waals surface area contributed by atoms with Gasteiger partial charge in [-0.2, -0.15) is 0 Å². The fourth-order valence-electron chi connectivity index (χ4n) is 5.92. The molecule has 4 N–H and O–H groups in total. The summed E-state index contributed by atoms with van der Waals surface area (Å²) in [6.45, 7) is 6.75. The number of rotatable bonds is 2. The second-order valence-electron chi connectivity index (χ2n) is 10.7. The van der Waals surface area contributed by atoms with Gasteiger partial charge in [0.1, 0.15) is 5.75 Å². The molecule has 0 spiro atoms. The van der Waals surface area contributed by atoms with Crippen LogP contribution >= 0.6 is 0 Å². The highest BCUT2D eigenvalue weighted by molar-refractivity contribution is 6.31. The van der Waals surface area contributed by atoms with Crippen molar-refractivity contribution in [2.45, 2.75) is 58.0 Å². The lowest BCUT2D eigenvalue weighted by atomic mass is 9.53. The zero-order valence-electron chi connectivity index (χ0n) is 19.4. The molecule has 1 amide bonds. The summed E-state index contributed by atoms with van der Waals surface area (Å²) in [5, 5.41) is 22.3. The lowest BCUT2D eigenvalue weighted by Gasteiger charge is -2.48. The quantitative estimate of drug-likeness (QED) is 0.422. The first kappa shape index (κ1) is 23.9. The van der Waals surface area contributed by atoms with Crippen LogP contribution in [0.25, 0.3) is 0 Å². The number of Topliss-reactive ketones (excluding diaryl/α,β-unsaturated/α-hetero) is 5. The molecule has 0 aromatic heterocycles. The molecule has 0 aliphatic heterocycles. The van der Waals surface area contributed by atoms with Gasteiger partial charge in [0.05, 0.1) is 11.5 Å². The molecule has 0 radical (unpaired) electrons. The van der Waals surface area contributed by atoms with Crippen molar-refractivity contribution in [2.24, 2.45) is 29.4 Å². The molecule has 2 saturated carbocycles. The van der Waals surface area contributed by atoms with E-state index in [0.29, 0.717) is 11.1 Å². The van der Waals surface area contributed by atoms with Crippen molar-refractivity contribution in [3.05, 3.63) is 28.3 Å².